The second-order valence-electron chi connectivity index (χ2n) is 5.37. The first kappa shape index (κ1) is 10.8. The van der Waals surface area contributed by atoms with Gasteiger partial charge in [-0.1, -0.05) is 17.7 Å². The van der Waals surface area contributed by atoms with Gasteiger partial charge in [0.25, 0.3) is 0 Å². The maximum atomic E-state index is 6.38. The van der Waals surface area contributed by atoms with Gasteiger partial charge in [-0.3, -0.25) is 0 Å². The first-order valence-corrected chi connectivity index (χ1v) is 7.09. The van der Waals surface area contributed by atoms with Gasteiger partial charge in [0.1, 0.15) is 5.82 Å². The number of hydrogen-bond acceptors (Lipinski definition) is 2. The Morgan fingerprint density at radius 1 is 1.28 bits per heavy atom. The number of halogens is 1. The lowest BCUT2D eigenvalue weighted by Crippen LogP contribution is -2.12. The fourth-order valence-electron chi connectivity index (χ4n) is 2.99. The molecule has 0 spiro atoms. The number of aromatic nitrogens is 2. The lowest BCUT2D eigenvalue weighted by Gasteiger charge is -2.12. The average molecular weight is 262 g/mol. The summed E-state index contributed by atoms with van der Waals surface area (Å²) in [7, 11) is 0. The molecule has 1 atom stereocenters. The molecule has 0 bridgehead atoms. The Morgan fingerprint density at radius 3 is 2.89 bits per heavy atom. The van der Waals surface area contributed by atoms with Crippen molar-refractivity contribution in [1.29, 1.82) is 0 Å². The Morgan fingerprint density at radius 2 is 2.17 bits per heavy atom. The maximum Gasteiger partial charge on any atom is 0.114 e. The van der Waals surface area contributed by atoms with Crippen LogP contribution in [0.3, 0.4) is 0 Å². The lowest BCUT2D eigenvalue weighted by molar-refractivity contribution is 0.622. The normalized spacial score (nSPS) is 23.9. The quantitative estimate of drug-likeness (QED) is 0.900. The Kier molecular flexibility index (Phi) is 2.39. The van der Waals surface area contributed by atoms with Crippen molar-refractivity contribution in [3.05, 3.63) is 29.0 Å². The van der Waals surface area contributed by atoms with E-state index in [0.717, 1.165) is 29.1 Å². The van der Waals surface area contributed by atoms with Crippen LogP contribution in [0.25, 0.3) is 11.0 Å². The monoisotopic (exact) mass is 261 g/mol. The van der Waals surface area contributed by atoms with Gasteiger partial charge in [-0.05, 0) is 37.9 Å². The molecule has 2 aliphatic rings. The van der Waals surface area contributed by atoms with Gasteiger partial charge in [-0.2, -0.15) is 0 Å². The van der Waals surface area contributed by atoms with Gasteiger partial charge in [0.05, 0.1) is 16.1 Å². The minimum atomic E-state index is 0.550. The van der Waals surface area contributed by atoms with Crippen LogP contribution >= 0.6 is 11.6 Å². The van der Waals surface area contributed by atoms with Crippen molar-refractivity contribution < 1.29 is 0 Å². The van der Waals surface area contributed by atoms with Crippen LogP contribution in [0.15, 0.2) is 18.2 Å². The van der Waals surface area contributed by atoms with Crippen molar-refractivity contribution in [2.75, 3.05) is 13.1 Å². The van der Waals surface area contributed by atoms with Crippen LogP contribution in [0.5, 0.6) is 0 Å². The van der Waals surface area contributed by atoms with Crippen molar-refractivity contribution in [3.63, 3.8) is 0 Å². The number of rotatable bonds is 2. The third kappa shape index (κ3) is 1.57. The molecular weight excluding hydrogens is 246 g/mol. The van der Waals surface area contributed by atoms with Gasteiger partial charge in [0.15, 0.2) is 0 Å². The molecule has 1 saturated carbocycles. The summed E-state index contributed by atoms with van der Waals surface area (Å²) in [5, 5.41) is 4.27. The van der Waals surface area contributed by atoms with E-state index in [1.54, 1.807) is 0 Å². The van der Waals surface area contributed by atoms with E-state index >= 15 is 0 Å². The predicted octanol–water partition coefficient (Wildman–Crippen LogP) is 3.10. The van der Waals surface area contributed by atoms with E-state index in [9.17, 15) is 0 Å². The Labute approximate surface area is 111 Å². The molecule has 18 heavy (non-hydrogen) atoms. The zero-order valence-corrected chi connectivity index (χ0v) is 11.0. The Balaban J connectivity index is 1.95. The summed E-state index contributed by atoms with van der Waals surface area (Å²) in [6.07, 6.45) is 3.72. The fourth-order valence-corrected chi connectivity index (χ4v) is 3.25. The molecule has 94 valence electrons. The number of hydrogen-bond donors (Lipinski definition) is 1. The van der Waals surface area contributed by atoms with E-state index in [-0.39, 0.29) is 0 Å². The Bertz CT molecular complexity index is 594. The standard InChI is InChI=1S/C14H16ClN3/c15-11-2-1-3-12-13(11)18(10-4-5-10)14(17-12)9-6-7-16-8-9/h1-3,9-10,16H,4-8H2. The molecule has 1 aliphatic heterocycles. The highest BCUT2D eigenvalue weighted by Crippen LogP contribution is 2.42. The molecule has 1 aromatic heterocycles. The van der Waals surface area contributed by atoms with Gasteiger partial charge in [-0.25, -0.2) is 4.98 Å². The van der Waals surface area contributed by atoms with Crippen molar-refractivity contribution in [2.45, 2.75) is 31.2 Å². The third-order valence-electron chi connectivity index (χ3n) is 4.03. The minimum Gasteiger partial charge on any atom is -0.323 e. The van der Waals surface area contributed by atoms with Crippen LogP contribution in [0, 0.1) is 0 Å². The first-order valence-electron chi connectivity index (χ1n) is 6.71. The van der Waals surface area contributed by atoms with Gasteiger partial charge < -0.3 is 9.88 Å². The summed E-state index contributed by atoms with van der Waals surface area (Å²) in [5.74, 6) is 1.79. The molecule has 0 radical (unpaired) electrons. The van der Waals surface area contributed by atoms with Crippen molar-refractivity contribution in [1.82, 2.24) is 14.9 Å². The topological polar surface area (TPSA) is 29.9 Å². The molecule has 4 heteroatoms. The minimum absolute atomic E-state index is 0.550. The van der Waals surface area contributed by atoms with Crippen molar-refractivity contribution in [2.24, 2.45) is 0 Å². The van der Waals surface area contributed by atoms with E-state index in [1.807, 2.05) is 12.1 Å². The smallest absolute Gasteiger partial charge is 0.114 e. The maximum absolute atomic E-state index is 6.38. The number of nitrogens with one attached hydrogen (secondary N) is 1. The van der Waals surface area contributed by atoms with Crippen molar-refractivity contribution in [3.8, 4) is 0 Å². The summed E-state index contributed by atoms with van der Waals surface area (Å²) >= 11 is 6.38. The highest BCUT2D eigenvalue weighted by atomic mass is 35.5. The Hall–Kier alpha value is -1.06. The highest BCUT2D eigenvalue weighted by molar-refractivity contribution is 6.35. The molecular formula is C14H16ClN3. The van der Waals surface area contributed by atoms with E-state index in [1.165, 1.54) is 25.1 Å². The molecule has 0 amide bonds. The van der Waals surface area contributed by atoms with Crippen LogP contribution in [0.1, 0.15) is 37.0 Å². The summed E-state index contributed by atoms with van der Waals surface area (Å²) in [4.78, 5) is 4.86. The second-order valence-corrected chi connectivity index (χ2v) is 5.78. The van der Waals surface area contributed by atoms with Gasteiger partial charge in [-0.15, -0.1) is 0 Å². The SMILES string of the molecule is Clc1cccc2nc(C3CCNC3)n(C3CC3)c12. The van der Waals surface area contributed by atoms with E-state index in [0.29, 0.717) is 12.0 Å². The van der Waals surface area contributed by atoms with E-state index in [4.69, 9.17) is 16.6 Å². The fraction of sp³-hybridized carbons (Fsp3) is 0.500. The van der Waals surface area contributed by atoms with Gasteiger partial charge >= 0.3 is 0 Å². The number of fused-ring (bicyclic) bond motifs is 1. The number of benzene rings is 1. The van der Waals surface area contributed by atoms with Gasteiger partial charge in [0.2, 0.25) is 0 Å². The molecule has 1 saturated heterocycles. The molecule has 2 heterocycles. The molecule has 2 aromatic rings. The van der Waals surface area contributed by atoms with Crippen LogP contribution in [0.2, 0.25) is 5.02 Å². The first-order chi connectivity index (χ1) is 8.84. The van der Waals surface area contributed by atoms with E-state index in [2.05, 4.69) is 16.0 Å². The zero-order valence-electron chi connectivity index (χ0n) is 10.2. The van der Waals surface area contributed by atoms with Crippen LogP contribution < -0.4 is 5.32 Å². The van der Waals surface area contributed by atoms with Crippen LogP contribution in [-0.4, -0.2) is 22.6 Å². The third-order valence-corrected chi connectivity index (χ3v) is 4.33. The molecule has 4 rings (SSSR count). The average Bonchev–Trinajstić information content (AvgIpc) is 2.93. The largest absolute Gasteiger partial charge is 0.323 e. The van der Waals surface area contributed by atoms with Crippen LogP contribution in [0.4, 0.5) is 0 Å². The zero-order chi connectivity index (χ0) is 12.1. The number of para-hydroxylation sites is 1. The second kappa shape index (κ2) is 3.97. The summed E-state index contributed by atoms with van der Waals surface area (Å²) < 4.78 is 2.41. The highest BCUT2D eigenvalue weighted by Gasteiger charge is 2.32. The molecule has 1 aliphatic carbocycles. The summed E-state index contributed by atoms with van der Waals surface area (Å²) in [6, 6.07) is 6.67. The number of nitrogens with zero attached hydrogens (tertiary/aromatic N) is 2. The molecule has 1 aromatic carbocycles. The number of imidazole rings is 1. The molecule has 2 fully saturated rings. The molecule has 1 N–H and O–H groups in total. The summed E-state index contributed by atoms with van der Waals surface area (Å²) in [6.45, 7) is 2.15. The van der Waals surface area contributed by atoms with Crippen LogP contribution in [-0.2, 0) is 0 Å². The predicted molar refractivity (Wildman–Crippen MR) is 73.2 cm³/mol. The van der Waals surface area contributed by atoms with Crippen molar-refractivity contribution >= 4 is 22.6 Å². The van der Waals surface area contributed by atoms with Gasteiger partial charge in [0, 0.05) is 18.5 Å². The molecule has 3 nitrogen and oxygen atoms in total. The van der Waals surface area contributed by atoms with E-state index < -0.39 is 0 Å². The summed E-state index contributed by atoms with van der Waals surface area (Å²) in [5.41, 5.74) is 2.19. The lowest BCUT2D eigenvalue weighted by atomic mass is 10.1. The molecule has 1 unspecified atom stereocenters.